The summed E-state index contributed by atoms with van der Waals surface area (Å²) < 4.78 is 0. The molecule has 0 aromatic heterocycles. The van der Waals surface area contributed by atoms with E-state index in [1.807, 2.05) is 54.6 Å². The Morgan fingerprint density at radius 2 is 1.65 bits per heavy atom. The molecular formula is C17H14N2O. The quantitative estimate of drug-likeness (QED) is 0.859. The molecule has 1 amide bonds. The van der Waals surface area contributed by atoms with Gasteiger partial charge in [0.25, 0.3) is 0 Å². The molecule has 0 saturated carbocycles. The lowest BCUT2D eigenvalue weighted by Crippen LogP contribution is -2.05. The number of carbonyl (C=O) groups excluding carboxylic acids is 1. The first kappa shape index (κ1) is 13.6. The zero-order chi connectivity index (χ0) is 14.4. The maximum Gasteiger partial charge on any atom is 0.221 e. The second-order valence-corrected chi connectivity index (χ2v) is 4.31. The molecule has 3 heteroatoms. The van der Waals surface area contributed by atoms with Crippen molar-refractivity contribution in [3.8, 4) is 6.07 Å². The Balaban J connectivity index is 2.35. The molecule has 0 saturated heterocycles. The number of allylic oxidation sites excluding steroid dienone is 1. The molecule has 0 radical (unpaired) electrons. The number of anilines is 1. The van der Waals surface area contributed by atoms with Crippen LogP contribution in [-0.2, 0) is 4.79 Å². The van der Waals surface area contributed by atoms with Gasteiger partial charge >= 0.3 is 0 Å². The summed E-state index contributed by atoms with van der Waals surface area (Å²) in [5.41, 5.74) is 3.53. The summed E-state index contributed by atoms with van der Waals surface area (Å²) >= 11 is 0. The van der Waals surface area contributed by atoms with Gasteiger partial charge < -0.3 is 5.32 Å². The van der Waals surface area contributed by atoms with Crippen LogP contribution in [0.25, 0.3) is 5.57 Å². The van der Waals surface area contributed by atoms with Crippen molar-refractivity contribution in [2.75, 3.05) is 5.32 Å². The molecule has 0 spiro atoms. The lowest BCUT2D eigenvalue weighted by atomic mass is 9.97. The van der Waals surface area contributed by atoms with Crippen LogP contribution in [0.15, 0.2) is 60.7 Å². The highest BCUT2D eigenvalue weighted by Gasteiger charge is 2.05. The van der Waals surface area contributed by atoms with Gasteiger partial charge in [0.15, 0.2) is 0 Å². The monoisotopic (exact) mass is 262 g/mol. The van der Waals surface area contributed by atoms with Crippen molar-refractivity contribution in [1.29, 1.82) is 5.26 Å². The van der Waals surface area contributed by atoms with Crippen molar-refractivity contribution < 1.29 is 4.79 Å². The van der Waals surface area contributed by atoms with E-state index in [9.17, 15) is 4.79 Å². The van der Waals surface area contributed by atoms with Crippen molar-refractivity contribution in [2.24, 2.45) is 0 Å². The molecule has 0 aliphatic heterocycles. The highest BCUT2D eigenvalue weighted by atomic mass is 16.1. The number of rotatable bonds is 3. The van der Waals surface area contributed by atoms with Gasteiger partial charge in [0.1, 0.15) is 0 Å². The van der Waals surface area contributed by atoms with Crippen LogP contribution >= 0.6 is 0 Å². The summed E-state index contributed by atoms with van der Waals surface area (Å²) in [6, 6.07) is 19.2. The van der Waals surface area contributed by atoms with Crippen molar-refractivity contribution in [1.82, 2.24) is 0 Å². The molecular weight excluding hydrogens is 248 g/mol. The SMILES string of the molecule is CC(=O)Nc1ccc(/C(=C\C#N)c2ccccc2)cc1. The van der Waals surface area contributed by atoms with E-state index in [1.165, 1.54) is 13.0 Å². The third-order valence-electron chi connectivity index (χ3n) is 2.81. The van der Waals surface area contributed by atoms with Crippen LogP contribution in [-0.4, -0.2) is 5.91 Å². The van der Waals surface area contributed by atoms with E-state index in [4.69, 9.17) is 5.26 Å². The number of benzene rings is 2. The summed E-state index contributed by atoms with van der Waals surface area (Å²) in [4.78, 5) is 11.0. The Morgan fingerprint density at radius 3 is 2.20 bits per heavy atom. The molecule has 0 bridgehead atoms. The zero-order valence-electron chi connectivity index (χ0n) is 11.1. The Morgan fingerprint density at radius 1 is 1.05 bits per heavy atom. The standard InChI is InChI=1S/C17H14N2O/c1-13(20)19-16-9-7-15(8-10-16)17(11-12-18)14-5-3-2-4-6-14/h2-11H,1H3,(H,19,20)/b17-11-. The largest absolute Gasteiger partial charge is 0.326 e. The van der Waals surface area contributed by atoms with Gasteiger partial charge in [-0.25, -0.2) is 0 Å². The van der Waals surface area contributed by atoms with E-state index >= 15 is 0 Å². The fourth-order valence-corrected chi connectivity index (χ4v) is 1.95. The van der Waals surface area contributed by atoms with Crippen molar-refractivity contribution >= 4 is 17.2 Å². The van der Waals surface area contributed by atoms with Gasteiger partial charge in [-0.3, -0.25) is 4.79 Å². The molecule has 0 aliphatic rings. The van der Waals surface area contributed by atoms with Crippen LogP contribution < -0.4 is 5.32 Å². The zero-order valence-corrected chi connectivity index (χ0v) is 11.1. The second kappa shape index (κ2) is 6.35. The van der Waals surface area contributed by atoms with E-state index in [0.717, 1.165) is 22.4 Å². The summed E-state index contributed by atoms with van der Waals surface area (Å²) in [6.45, 7) is 1.47. The fraction of sp³-hybridized carbons (Fsp3) is 0.0588. The van der Waals surface area contributed by atoms with Crippen LogP contribution in [0.4, 0.5) is 5.69 Å². The van der Waals surface area contributed by atoms with Gasteiger partial charge in [-0.2, -0.15) is 5.26 Å². The first-order valence-corrected chi connectivity index (χ1v) is 6.24. The Labute approximate surface area is 118 Å². The summed E-state index contributed by atoms with van der Waals surface area (Å²) in [5, 5.41) is 11.7. The number of amides is 1. The molecule has 20 heavy (non-hydrogen) atoms. The molecule has 2 aromatic carbocycles. The van der Waals surface area contributed by atoms with Gasteiger partial charge in [-0.1, -0.05) is 42.5 Å². The van der Waals surface area contributed by atoms with E-state index < -0.39 is 0 Å². The minimum atomic E-state index is -0.103. The molecule has 0 heterocycles. The predicted molar refractivity (Wildman–Crippen MR) is 79.9 cm³/mol. The number of nitriles is 1. The smallest absolute Gasteiger partial charge is 0.221 e. The van der Waals surface area contributed by atoms with Crippen LogP contribution in [0.3, 0.4) is 0 Å². The first-order chi connectivity index (χ1) is 9.70. The summed E-state index contributed by atoms with van der Waals surface area (Å²) in [7, 11) is 0. The highest BCUT2D eigenvalue weighted by molar-refractivity contribution is 5.89. The molecule has 0 unspecified atom stereocenters. The lowest BCUT2D eigenvalue weighted by Gasteiger charge is -2.08. The lowest BCUT2D eigenvalue weighted by molar-refractivity contribution is -0.114. The Bertz CT molecular complexity index is 664. The third kappa shape index (κ3) is 3.33. The molecule has 2 aromatic rings. The van der Waals surface area contributed by atoms with Gasteiger partial charge in [0.2, 0.25) is 5.91 Å². The van der Waals surface area contributed by atoms with Crippen LogP contribution in [0.5, 0.6) is 0 Å². The van der Waals surface area contributed by atoms with Gasteiger partial charge in [-0.05, 0) is 28.8 Å². The molecule has 3 nitrogen and oxygen atoms in total. The van der Waals surface area contributed by atoms with Crippen LogP contribution in [0, 0.1) is 11.3 Å². The number of carbonyl (C=O) groups is 1. The Hall–Kier alpha value is -2.86. The molecule has 1 N–H and O–H groups in total. The second-order valence-electron chi connectivity index (χ2n) is 4.31. The highest BCUT2D eigenvalue weighted by Crippen LogP contribution is 2.24. The summed E-state index contributed by atoms with van der Waals surface area (Å²) in [5.74, 6) is -0.103. The maximum atomic E-state index is 11.0. The minimum absolute atomic E-state index is 0.103. The van der Waals surface area contributed by atoms with E-state index in [-0.39, 0.29) is 5.91 Å². The van der Waals surface area contributed by atoms with Crippen molar-refractivity contribution in [3.05, 3.63) is 71.8 Å². The van der Waals surface area contributed by atoms with Gasteiger partial charge in [0, 0.05) is 18.7 Å². The van der Waals surface area contributed by atoms with E-state index in [0.29, 0.717) is 0 Å². The first-order valence-electron chi connectivity index (χ1n) is 6.24. The number of nitrogens with one attached hydrogen (secondary N) is 1. The van der Waals surface area contributed by atoms with E-state index in [1.54, 1.807) is 0 Å². The fourth-order valence-electron chi connectivity index (χ4n) is 1.95. The average Bonchev–Trinajstić information content (AvgIpc) is 2.46. The number of hydrogen-bond acceptors (Lipinski definition) is 2. The van der Waals surface area contributed by atoms with E-state index in [2.05, 4.69) is 11.4 Å². The minimum Gasteiger partial charge on any atom is -0.326 e. The Kier molecular flexibility index (Phi) is 4.31. The third-order valence-corrected chi connectivity index (χ3v) is 2.81. The predicted octanol–water partition coefficient (Wildman–Crippen LogP) is 3.60. The topological polar surface area (TPSA) is 52.9 Å². The molecule has 0 aliphatic carbocycles. The molecule has 0 fully saturated rings. The van der Waals surface area contributed by atoms with Crippen LogP contribution in [0.1, 0.15) is 18.1 Å². The van der Waals surface area contributed by atoms with Gasteiger partial charge in [-0.15, -0.1) is 0 Å². The van der Waals surface area contributed by atoms with Crippen molar-refractivity contribution in [3.63, 3.8) is 0 Å². The van der Waals surface area contributed by atoms with Crippen molar-refractivity contribution in [2.45, 2.75) is 6.92 Å². The van der Waals surface area contributed by atoms with Crippen LogP contribution in [0.2, 0.25) is 0 Å². The number of hydrogen-bond donors (Lipinski definition) is 1. The average molecular weight is 262 g/mol. The van der Waals surface area contributed by atoms with Gasteiger partial charge in [0.05, 0.1) is 6.07 Å². The maximum absolute atomic E-state index is 11.0. The normalized spacial score (nSPS) is 10.7. The summed E-state index contributed by atoms with van der Waals surface area (Å²) in [6.07, 6.45) is 1.53. The molecule has 98 valence electrons. The molecule has 2 rings (SSSR count). The number of nitrogens with zero attached hydrogens (tertiary/aromatic N) is 1. The molecule has 0 atom stereocenters.